The number of nitrogens with zero attached hydrogens (tertiary/aromatic N) is 2. The molecule has 2 aromatic carbocycles. The van der Waals surface area contributed by atoms with Crippen molar-refractivity contribution in [2.45, 2.75) is 13.5 Å². The Hall–Kier alpha value is -2.14. The van der Waals surface area contributed by atoms with Crippen molar-refractivity contribution in [2.24, 2.45) is 0 Å². The van der Waals surface area contributed by atoms with E-state index in [4.69, 9.17) is 4.74 Å². The van der Waals surface area contributed by atoms with Crippen LogP contribution >= 0.6 is 15.9 Å². The number of methoxy groups -OCH3 is 1. The third-order valence-electron chi connectivity index (χ3n) is 3.70. The van der Waals surface area contributed by atoms with Crippen molar-refractivity contribution >= 4 is 26.8 Å². The summed E-state index contributed by atoms with van der Waals surface area (Å²) < 4.78 is 7.69. The van der Waals surface area contributed by atoms with Crippen LogP contribution in [0.4, 0.5) is 0 Å². The zero-order chi connectivity index (χ0) is 15.7. The minimum atomic E-state index is -0.0281. The van der Waals surface area contributed by atoms with Crippen molar-refractivity contribution < 1.29 is 4.74 Å². The van der Waals surface area contributed by atoms with Gasteiger partial charge in [0.05, 0.1) is 30.9 Å². The number of ether oxygens (including phenoxy) is 1. The molecular weight excluding hydrogens is 344 g/mol. The molecule has 0 radical (unpaired) electrons. The first-order valence-electron chi connectivity index (χ1n) is 6.87. The summed E-state index contributed by atoms with van der Waals surface area (Å²) in [7, 11) is 1.63. The number of hydrogen-bond donors (Lipinski definition) is 0. The van der Waals surface area contributed by atoms with Gasteiger partial charge in [0.2, 0.25) is 0 Å². The van der Waals surface area contributed by atoms with Crippen LogP contribution in [0.3, 0.4) is 0 Å². The lowest BCUT2D eigenvalue weighted by molar-refractivity contribution is 0.414. The quantitative estimate of drug-likeness (QED) is 0.719. The van der Waals surface area contributed by atoms with Gasteiger partial charge < -0.3 is 4.74 Å². The molecule has 0 bridgehead atoms. The van der Waals surface area contributed by atoms with E-state index < -0.39 is 0 Å². The molecule has 0 aliphatic carbocycles. The summed E-state index contributed by atoms with van der Waals surface area (Å²) in [5.41, 5.74) is 2.63. The molecule has 4 nitrogen and oxygen atoms in total. The summed E-state index contributed by atoms with van der Waals surface area (Å²) in [6.45, 7) is 2.41. The largest absolute Gasteiger partial charge is 0.497 e. The zero-order valence-corrected chi connectivity index (χ0v) is 13.9. The Kier molecular flexibility index (Phi) is 3.98. The van der Waals surface area contributed by atoms with Crippen LogP contribution in [0.5, 0.6) is 5.75 Å². The van der Waals surface area contributed by atoms with Gasteiger partial charge in [-0.25, -0.2) is 4.98 Å². The Morgan fingerprint density at radius 2 is 1.91 bits per heavy atom. The lowest BCUT2D eigenvalue weighted by atomic mass is 10.1. The van der Waals surface area contributed by atoms with Gasteiger partial charge in [-0.1, -0.05) is 28.1 Å². The number of halogens is 1. The van der Waals surface area contributed by atoms with Gasteiger partial charge in [-0.3, -0.25) is 9.36 Å². The van der Waals surface area contributed by atoms with Crippen molar-refractivity contribution in [1.29, 1.82) is 0 Å². The van der Waals surface area contributed by atoms with Gasteiger partial charge in [-0.2, -0.15) is 0 Å². The Morgan fingerprint density at radius 1 is 1.18 bits per heavy atom. The number of aryl methyl sites for hydroxylation is 1. The number of fused-ring (bicyclic) bond motifs is 1. The Balaban J connectivity index is 2.05. The van der Waals surface area contributed by atoms with Gasteiger partial charge in [0.15, 0.2) is 0 Å². The average Bonchev–Trinajstić information content (AvgIpc) is 2.54. The monoisotopic (exact) mass is 358 g/mol. The SMILES string of the molecule is COc1ccc(Cn2cnc3ccc(Br)c(C)c3c2=O)cc1. The second kappa shape index (κ2) is 5.93. The summed E-state index contributed by atoms with van der Waals surface area (Å²) in [6, 6.07) is 11.4. The maximum absolute atomic E-state index is 12.7. The van der Waals surface area contributed by atoms with E-state index >= 15 is 0 Å². The Labute approximate surface area is 136 Å². The number of hydrogen-bond acceptors (Lipinski definition) is 3. The molecule has 0 atom stereocenters. The molecule has 112 valence electrons. The second-order valence-corrected chi connectivity index (χ2v) is 5.95. The van der Waals surface area contributed by atoms with E-state index in [0.717, 1.165) is 26.9 Å². The fraction of sp³-hybridized carbons (Fsp3) is 0.176. The van der Waals surface area contributed by atoms with Crippen LogP contribution in [0.15, 0.2) is 52.0 Å². The summed E-state index contributed by atoms with van der Waals surface area (Å²) in [5, 5.41) is 0.658. The van der Waals surface area contributed by atoms with Crippen molar-refractivity contribution in [3.63, 3.8) is 0 Å². The highest BCUT2D eigenvalue weighted by Gasteiger charge is 2.09. The minimum absolute atomic E-state index is 0.0281. The van der Waals surface area contributed by atoms with Crippen LogP contribution in [-0.4, -0.2) is 16.7 Å². The van der Waals surface area contributed by atoms with Crippen molar-refractivity contribution in [3.8, 4) is 5.75 Å². The van der Waals surface area contributed by atoms with Gasteiger partial charge in [0, 0.05) is 4.47 Å². The first kappa shape index (κ1) is 14.8. The Morgan fingerprint density at radius 3 is 2.59 bits per heavy atom. The smallest absolute Gasteiger partial charge is 0.261 e. The van der Waals surface area contributed by atoms with Crippen LogP contribution in [0.25, 0.3) is 10.9 Å². The molecule has 0 fully saturated rings. The fourth-order valence-corrected chi connectivity index (χ4v) is 2.75. The average molecular weight is 359 g/mol. The highest BCUT2D eigenvalue weighted by atomic mass is 79.9. The second-order valence-electron chi connectivity index (χ2n) is 5.09. The normalized spacial score (nSPS) is 10.9. The van der Waals surface area contributed by atoms with E-state index in [1.807, 2.05) is 43.3 Å². The first-order chi connectivity index (χ1) is 10.6. The van der Waals surface area contributed by atoms with Gasteiger partial charge >= 0.3 is 0 Å². The molecule has 0 aliphatic heterocycles. The molecule has 3 rings (SSSR count). The molecule has 22 heavy (non-hydrogen) atoms. The van der Waals surface area contributed by atoms with Crippen LogP contribution in [0.2, 0.25) is 0 Å². The van der Waals surface area contributed by atoms with E-state index in [-0.39, 0.29) is 5.56 Å². The molecule has 0 saturated heterocycles. The molecule has 0 spiro atoms. The molecule has 1 aromatic heterocycles. The lowest BCUT2D eigenvalue weighted by Crippen LogP contribution is -2.22. The standard InChI is InChI=1S/C17H15BrN2O2/c1-11-14(18)7-8-15-16(11)17(21)20(10-19-15)9-12-3-5-13(22-2)6-4-12/h3-8,10H,9H2,1-2H3. The molecule has 0 saturated carbocycles. The molecule has 0 amide bonds. The predicted molar refractivity (Wildman–Crippen MR) is 90.5 cm³/mol. The van der Waals surface area contributed by atoms with E-state index in [9.17, 15) is 4.79 Å². The zero-order valence-electron chi connectivity index (χ0n) is 12.3. The van der Waals surface area contributed by atoms with E-state index in [2.05, 4.69) is 20.9 Å². The molecule has 3 aromatic rings. The molecule has 5 heteroatoms. The molecular formula is C17H15BrN2O2. The van der Waals surface area contributed by atoms with Crippen molar-refractivity contribution in [3.05, 3.63) is 68.7 Å². The molecule has 0 unspecified atom stereocenters. The number of aromatic nitrogens is 2. The third-order valence-corrected chi connectivity index (χ3v) is 4.56. The summed E-state index contributed by atoms with van der Waals surface area (Å²) >= 11 is 3.47. The van der Waals surface area contributed by atoms with Crippen molar-refractivity contribution in [2.75, 3.05) is 7.11 Å². The van der Waals surface area contributed by atoms with Crippen LogP contribution in [0.1, 0.15) is 11.1 Å². The maximum Gasteiger partial charge on any atom is 0.261 e. The van der Waals surface area contributed by atoms with Gasteiger partial charge in [0.1, 0.15) is 5.75 Å². The molecule has 0 N–H and O–H groups in total. The highest BCUT2D eigenvalue weighted by Crippen LogP contribution is 2.22. The number of benzene rings is 2. The predicted octanol–water partition coefficient (Wildman–Crippen LogP) is 3.52. The fourth-order valence-electron chi connectivity index (χ4n) is 2.42. The third kappa shape index (κ3) is 2.64. The molecule has 0 aliphatic rings. The van der Waals surface area contributed by atoms with Gasteiger partial charge in [-0.05, 0) is 42.3 Å². The lowest BCUT2D eigenvalue weighted by Gasteiger charge is -2.09. The summed E-state index contributed by atoms with van der Waals surface area (Å²) in [5.74, 6) is 0.799. The topological polar surface area (TPSA) is 44.1 Å². The van der Waals surface area contributed by atoms with E-state index in [1.165, 1.54) is 0 Å². The van der Waals surface area contributed by atoms with Crippen LogP contribution in [0, 0.1) is 6.92 Å². The first-order valence-corrected chi connectivity index (χ1v) is 7.66. The Bertz CT molecular complexity index is 886. The summed E-state index contributed by atoms with van der Waals surface area (Å²) in [6.07, 6.45) is 1.60. The van der Waals surface area contributed by atoms with Crippen LogP contribution < -0.4 is 10.3 Å². The van der Waals surface area contributed by atoms with Crippen molar-refractivity contribution in [1.82, 2.24) is 9.55 Å². The van der Waals surface area contributed by atoms with Crippen LogP contribution in [-0.2, 0) is 6.54 Å². The van der Waals surface area contributed by atoms with E-state index in [1.54, 1.807) is 18.0 Å². The summed E-state index contributed by atoms with van der Waals surface area (Å²) in [4.78, 5) is 17.1. The van der Waals surface area contributed by atoms with Gasteiger partial charge in [-0.15, -0.1) is 0 Å². The van der Waals surface area contributed by atoms with E-state index in [0.29, 0.717) is 11.9 Å². The minimum Gasteiger partial charge on any atom is -0.497 e. The maximum atomic E-state index is 12.7. The van der Waals surface area contributed by atoms with Gasteiger partial charge in [0.25, 0.3) is 5.56 Å². The number of rotatable bonds is 3. The molecule has 1 heterocycles. The highest BCUT2D eigenvalue weighted by molar-refractivity contribution is 9.10.